The fraction of sp³-hybridized carbons (Fsp3) is 0.0667. The number of carbonyl (C=O) groups is 2. The Morgan fingerprint density at radius 3 is 2.70 bits per heavy atom. The number of nitrogens with one attached hydrogen (secondary N) is 1. The van der Waals surface area contributed by atoms with Gasteiger partial charge in [0.2, 0.25) is 0 Å². The largest absolute Gasteiger partial charge is 0.318 e. The van der Waals surface area contributed by atoms with Crippen LogP contribution in [-0.2, 0) is 4.79 Å². The van der Waals surface area contributed by atoms with E-state index < -0.39 is 11.7 Å². The van der Waals surface area contributed by atoms with Gasteiger partial charge in [0.25, 0.3) is 11.7 Å². The highest BCUT2D eigenvalue weighted by Gasteiger charge is 2.29. The second-order valence-corrected chi connectivity index (χ2v) is 6.05. The summed E-state index contributed by atoms with van der Waals surface area (Å²) in [6.07, 6.45) is 0. The number of anilines is 1. The molecule has 1 amide bonds. The molecule has 2 aromatic carbocycles. The van der Waals surface area contributed by atoms with E-state index in [0.717, 1.165) is 15.4 Å². The van der Waals surface area contributed by atoms with Crippen LogP contribution in [0.15, 0.2) is 46.2 Å². The third-order valence-electron chi connectivity index (χ3n) is 2.99. The number of fused-ring (bicyclic) bond motifs is 1. The Morgan fingerprint density at radius 2 is 1.95 bits per heavy atom. The zero-order valence-corrected chi connectivity index (χ0v) is 12.1. The summed E-state index contributed by atoms with van der Waals surface area (Å²) in [6.45, 7) is 2.02. The van der Waals surface area contributed by atoms with Gasteiger partial charge in [-0.25, -0.2) is 0 Å². The summed E-state index contributed by atoms with van der Waals surface area (Å²) in [5.41, 5.74) is 2.03. The first-order valence-electron chi connectivity index (χ1n) is 5.98. The van der Waals surface area contributed by atoms with E-state index in [-0.39, 0.29) is 0 Å². The topological polar surface area (TPSA) is 46.2 Å². The fourth-order valence-corrected chi connectivity index (χ4v) is 3.29. The fourth-order valence-electron chi connectivity index (χ4n) is 2.03. The number of halogens is 1. The normalized spacial score (nSPS) is 13.3. The van der Waals surface area contributed by atoms with Crippen molar-refractivity contribution >= 4 is 40.7 Å². The van der Waals surface area contributed by atoms with Crippen LogP contribution in [0.1, 0.15) is 15.9 Å². The highest BCUT2D eigenvalue weighted by atomic mass is 35.5. The zero-order valence-electron chi connectivity index (χ0n) is 10.6. The van der Waals surface area contributed by atoms with Crippen LogP contribution in [0.3, 0.4) is 0 Å². The number of benzene rings is 2. The van der Waals surface area contributed by atoms with Gasteiger partial charge in [-0.15, -0.1) is 0 Å². The predicted molar refractivity (Wildman–Crippen MR) is 79.7 cm³/mol. The molecule has 3 nitrogen and oxygen atoms in total. The molecule has 2 aromatic rings. The molecule has 0 saturated heterocycles. The number of amides is 1. The quantitative estimate of drug-likeness (QED) is 0.855. The maximum atomic E-state index is 11.6. The molecule has 0 spiro atoms. The van der Waals surface area contributed by atoms with E-state index >= 15 is 0 Å². The minimum absolute atomic E-state index is 0.341. The van der Waals surface area contributed by atoms with Gasteiger partial charge in [-0.2, -0.15) is 0 Å². The molecule has 0 saturated carbocycles. The van der Waals surface area contributed by atoms with Gasteiger partial charge in [-0.1, -0.05) is 41.1 Å². The Morgan fingerprint density at radius 1 is 1.15 bits per heavy atom. The number of rotatable bonds is 2. The van der Waals surface area contributed by atoms with E-state index in [1.807, 2.05) is 25.1 Å². The molecule has 20 heavy (non-hydrogen) atoms. The molecular formula is C15H10ClNO2S. The van der Waals surface area contributed by atoms with Crippen molar-refractivity contribution in [2.24, 2.45) is 0 Å². The van der Waals surface area contributed by atoms with Crippen molar-refractivity contribution in [3.63, 3.8) is 0 Å². The van der Waals surface area contributed by atoms with Crippen molar-refractivity contribution < 1.29 is 9.59 Å². The lowest BCUT2D eigenvalue weighted by Gasteiger charge is -2.07. The maximum absolute atomic E-state index is 11.6. The van der Waals surface area contributed by atoms with E-state index in [9.17, 15) is 9.59 Å². The van der Waals surface area contributed by atoms with Gasteiger partial charge in [0.15, 0.2) is 0 Å². The minimum Gasteiger partial charge on any atom is -0.318 e. The summed E-state index contributed by atoms with van der Waals surface area (Å²) in [5, 5.41) is 3.02. The number of ketones is 1. The van der Waals surface area contributed by atoms with E-state index in [1.54, 1.807) is 12.1 Å². The molecule has 0 unspecified atom stereocenters. The summed E-state index contributed by atoms with van der Waals surface area (Å²) < 4.78 is 0. The Labute approximate surface area is 125 Å². The molecule has 100 valence electrons. The van der Waals surface area contributed by atoms with Gasteiger partial charge in [0, 0.05) is 9.79 Å². The van der Waals surface area contributed by atoms with Crippen LogP contribution in [0.25, 0.3) is 0 Å². The lowest BCUT2D eigenvalue weighted by atomic mass is 10.1. The van der Waals surface area contributed by atoms with Crippen LogP contribution in [0.2, 0.25) is 5.02 Å². The van der Waals surface area contributed by atoms with E-state index in [4.69, 9.17) is 11.6 Å². The van der Waals surface area contributed by atoms with Crippen molar-refractivity contribution in [3.05, 3.63) is 52.5 Å². The Kier molecular flexibility index (Phi) is 3.28. The van der Waals surface area contributed by atoms with E-state index in [0.29, 0.717) is 16.3 Å². The van der Waals surface area contributed by atoms with Crippen LogP contribution in [0, 0.1) is 6.92 Å². The first-order chi connectivity index (χ1) is 9.54. The number of hydrogen-bond donors (Lipinski definition) is 1. The first kappa shape index (κ1) is 13.2. The highest BCUT2D eigenvalue weighted by Crippen LogP contribution is 2.38. The summed E-state index contributed by atoms with van der Waals surface area (Å²) >= 11 is 7.70. The van der Waals surface area contributed by atoms with Gasteiger partial charge in [0.1, 0.15) is 0 Å². The Hall–Kier alpha value is -1.78. The van der Waals surface area contributed by atoms with Crippen LogP contribution in [0.5, 0.6) is 0 Å². The van der Waals surface area contributed by atoms with Crippen LogP contribution in [0.4, 0.5) is 5.69 Å². The molecule has 1 aliphatic rings. The van der Waals surface area contributed by atoms with Crippen LogP contribution >= 0.6 is 23.4 Å². The molecule has 0 aromatic heterocycles. The van der Waals surface area contributed by atoms with Crippen molar-refractivity contribution in [2.75, 3.05) is 5.32 Å². The Balaban J connectivity index is 1.98. The van der Waals surface area contributed by atoms with Crippen molar-refractivity contribution in [3.8, 4) is 0 Å². The number of carbonyl (C=O) groups excluding carboxylic acids is 2. The van der Waals surface area contributed by atoms with Crippen molar-refractivity contribution in [1.29, 1.82) is 0 Å². The summed E-state index contributed by atoms with van der Waals surface area (Å²) in [4.78, 5) is 24.8. The van der Waals surface area contributed by atoms with Crippen molar-refractivity contribution in [1.82, 2.24) is 0 Å². The third kappa shape index (κ3) is 2.32. The van der Waals surface area contributed by atoms with Gasteiger partial charge >= 0.3 is 0 Å². The second-order valence-electron chi connectivity index (χ2n) is 4.53. The molecule has 0 radical (unpaired) electrons. The zero-order chi connectivity index (χ0) is 14.3. The second kappa shape index (κ2) is 4.96. The standard InChI is InChI=1S/C15H10ClNO2S/c1-8-3-2-4-9(5-8)20-13-7-12-10(6-11(13)16)14(18)15(19)17-12/h2-7H,1H3,(H,17,18,19). The highest BCUT2D eigenvalue weighted by molar-refractivity contribution is 7.99. The third-order valence-corrected chi connectivity index (χ3v) is 4.46. The SMILES string of the molecule is Cc1cccc(Sc2cc3c(cc2Cl)C(=O)C(=O)N3)c1. The molecule has 0 bridgehead atoms. The molecule has 5 heteroatoms. The lowest BCUT2D eigenvalue weighted by Crippen LogP contribution is -2.12. The smallest absolute Gasteiger partial charge is 0.296 e. The van der Waals surface area contributed by atoms with Crippen LogP contribution in [-0.4, -0.2) is 11.7 Å². The van der Waals surface area contributed by atoms with Gasteiger partial charge < -0.3 is 5.32 Å². The average Bonchev–Trinajstić information content (AvgIpc) is 2.66. The molecule has 0 atom stereocenters. The molecule has 0 fully saturated rings. The van der Waals surface area contributed by atoms with Gasteiger partial charge in [-0.05, 0) is 31.2 Å². The lowest BCUT2D eigenvalue weighted by molar-refractivity contribution is -0.112. The molecule has 1 heterocycles. The molecule has 0 aliphatic carbocycles. The molecular weight excluding hydrogens is 294 g/mol. The van der Waals surface area contributed by atoms with E-state index in [1.165, 1.54) is 11.8 Å². The number of aryl methyl sites for hydroxylation is 1. The van der Waals surface area contributed by atoms with Gasteiger partial charge in [0.05, 0.1) is 16.3 Å². The summed E-state index contributed by atoms with van der Waals surface area (Å²) in [5.74, 6) is -1.14. The predicted octanol–water partition coefficient (Wildman–Crippen LogP) is 3.93. The number of hydrogen-bond acceptors (Lipinski definition) is 3. The maximum Gasteiger partial charge on any atom is 0.296 e. The molecule has 1 N–H and O–H groups in total. The van der Waals surface area contributed by atoms with E-state index in [2.05, 4.69) is 11.4 Å². The average molecular weight is 304 g/mol. The number of Topliss-reactive ketones (excluding diaryl/α,β-unsaturated/α-hetero) is 1. The summed E-state index contributed by atoms with van der Waals surface area (Å²) in [7, 11) is 0. The van der Waals surface area contributed by atoms with Gasteiger partial charge in [-0.3, -0.25) is 9.59 Å². The molecule has 3 rings (SSSR count). The Bertz CT molecular complexity index is 743. The minimum atomic E-state index is -0.603. The molecule has 1 aliphatic heterocycles. The van der Waals surface area contributed by atoms with Crippen molar-refractivity contribution in [2.45, 2.75) is 16.7 Å². The monoisotopic (exact) mass is 303 g/mol. The van der Waals surface area contributed by atoms with Crippen LogP contribution < -0.4 is 5.32 Å². The summed E-state index contributed by atoms with van der Waals surface area (Å²) in [6, 6.07) is 11.3. The first-order valence-corrected chi connectivity index (χ1v) is 7.18.